The zero-order chi connectivity index (χ0) is 23.1. The highest BCUT2D eigenvalue weighted by Gasteiger charge is 2.45. The molecule has 4 rings (SSSR count). The summed E-state index contributed by atoms with van der Waals surface area (Å²) in [7, 11) is 0. The fourth-order valence-electron chi connectivity index (χ4n) is 3.09. The third-order valence-corrected chi connectivity index (χ3v) is 5.77. The molecule has 1 N–H and O–H groups in total. The number of nitrogens with zero attached hydrogens (tertiary/aromatic N) is 3. The third-order valence-electron chi connectivity index (χ3n) is 4.42. The molecule has 1 aliphatic heterocycles. The van der Waals surface area contributed by atoms with E-state index in [2.05, 4.69) is 20.9 Å². The summed E-state index contributed by atoms with van der Waals surface area (Å²) in [6, 6.07) is 13.1. The van der Waals surface area contributed by atoms with E-state index in [0.717, 1.165) is 10.2 Å². The predicted octanol–water partition coefficient (Wildman–Crippen LogP) is 4.95. The minimum Gasteiger partial charge on any atom is -0.491 e. The van der Waals surface area contributed by atoms with E-state index >= 15 is 0 Å². The van der Waals surface area contributed by atoms with Gasteiger partial charge in [0, 0.05) is 22.4 Å². The molecule has 0 bridgehead atoms. The number of ether oxygens (including phenoxy) is 3. The molecule has 0 radical (unpaired) electrons. The van der Waals surface area contributed by atoms with Crippen molar-refractivity contribution in [3.63, 3.8) is 0 Å². The Labute approximate surface area is 201 Å². The average Bonchev–Trinajstić information content (AvgIpc) is 3.40. The molecule has 0 amide bonds. The van der Waals surface area contributed by atoms with Crippen LogP contribution in [-0.4, -0.2) is 39.2 Å². The van der Waals surface area contributed by atoms with Crippen molar-refractivity contribution in [2.45, 2.75) is 18.4 Å². The summed E-state index contributed by atoms with van der Waals surface area (Å²) in [5.74, 6) is -0.309. The number of imidazole rings is 1. The molecule has 1 fully saturated rings. The van der Waals surface area contributed by atoms with E-state index in [0.29, 0.717) is 35.4 Å². The summed E-state index contributed by atoms with van der Waals surface area (Å²) < 4.78 is 21.2. The van der Waals surface area contributed by atoms with E-state index in [1.165, 1.54) is 0 Å². The summed E-state index contributed by atoms with van der Waals surface area (Å²) in [6.07, 6.45) is 5.00. The highest BCUT2D eigenvalue weighted by atomic mass is 79.9. The van der Waals surface area contributed by atoms with Crippen molar-refractivity contribution in [3.8, 4) is 5.75 Å². The Kier molecular flexibility index (Phi) is 8.32. The average molecular weight is 547 g/mol. The van der Waals surface area contributed by atoms with Gasteiger partial charge in [0.25, 0.3) is 5.09 Å². The monoisotopic (exact) mass is 545 g/mol. The second kappa shape index (κ2) is 11.0. The third kappa shape index (κ3) is 6.33. The Morgan fingerprint density at radius 2 is 2.03 bits per heavy atom. The Hall–Kier alpha value is -2.37. The number of hydrogen-bond donors (Lipinski definition) is 1. The first-order chi connectivity index (χ1) is 15.3. The molecule has 2 atom stereocenters. The van der Waals surface area contributed by atoms with Crippen LogP contribution in [0.5, 0.6) is 5.75 Å². The van der Waals surface area contributed by atoms with E-state index in [-0.39, 0.29) is 6.10 Å². The molecule has 170 valence electrons. The molecule has 12 heteroatoms. The molecule has 1 aliphatic rings. The molecular formula is C20H18BrCl2N3O6. The van der Waals surface area contributed by atoms with Crippen molar-refractivity contribution >= 4 is 39.1 Å². The minimum atomic E-state index is -1.50. The summed E-state index contributed by atoms with van der Waals surface area (Å²) >= 11 is 16.1. The molecule has 2 heterocycles. The summed E-state index contributed by atoms with van der Waals surface area (Å²) in [5.41, 5.74) is 0.682. The molecule has 0 unspecified atom stereocenters. The van der Waals surface area contributed by atoms with Crippen LogP contribution in [0.1, 0.15) is 5.56 Å². The standard InChI is InChI=1S/C20H17BrCl2N2O3.HNO3/c21-14-4-6-15(7-5-14)26-10-16-11-27-20(28-16,12-25-9-8-24-13-25)17-2-1-3-18(22)19(17)23;2-1(3)4/h1-9,13,16H,10-12H2;(H,2,3,4)/t16-,20-;/m1./s1. The zero-order valence-corrected chi connectivity index (χ0v) is 19.5. The summed E-state index contributed by atoms with van der Waals surface area (Å²) in [6.45, 7) is 1.11. The molecular weight excluding hydrogens is 529 g/mol. The van der Waals surface area contributed by atoms with Gasteiger partial charge in [-0.05, 0) is 30.3 Å². The van der Waals surface area contributed by atoms with Crippen LogP contribution >= 0.6 is 39.1 Å². The number of rotatable bonds is 6. The van der Waals surface area contributed by atoms with E-state index in [9.17, 15) is 0 Å². The number of hydrogen-bond acceptors (Lipinski definition) is 6. The van der Waals surface area contributed by atoms with Gasteiger partial charge in [-0.2, -0.15) is 0 Å². The van der Waals surface area contributed by atoms with Crippen molar-refractivity contribution in [1.82, 2.24) is 9.55 Å². The smallest absolute Gasteiger partial charge is 0.291 e. The lowest BCUT2D eigenvalue weighted by molar-refractivity contribution is -0.742. The lowest BCUT2D eigenvalue weighted by atomic mass is 10.1. The van der Waals surface area contributed by atoms with Gasteiger partial charge in [0.15, 0.2) is 0 Å². The van der Waals surface area contributed by atoms with E-state index in [1.54, 1.807) is 18.6 Å². The molecule has 3 aromatic rings. The van der Waals surface area contributed by atoms with Gasteiger partial charge < -0.3 is 24.0 Å². The van der Waals surface area contributed by atoms with Crippen molar-refractivity contribution in [2.75, 3.05) is 13.2 Å². The summed E-state index contributed by atoms with van der Waals surface area (Å²) in [5, 5.41) is 14.5. The molecule has 2 aromatic carbocycles. The van der Waals surface area contributed by atoms with Gasteiger partial charge in [-0.25, -0.2) is 4.98 Å². The maximum atomic E-state index is 8.36. The zero-order valence-electron chi connectivity index (χ0n) is 16.4. The van der Waals surface area contributed by atoms with Crippen LogP contribution in [0.2, 0.25) is 10.0 Å². The number of benzene rings is 2. The maximum Gasteiger partial charge on any atom is 0.291 e. The fourth-order valence-corrected chi connectivity index (χ4v) is 3.80. The largest absolute Gasteiger partial charge is 0.491 e. The van der Waals surface area contributed by atoms with Crippen molar-refractivity contribution in [3.05, 3.63) is 91.4 Å². The van der Waals surface area contributed by atoms with Gasteiger partial charge in [-0.1, -0.05) is 51.3 Å². The lowest BCUT2D eigenvalue weighted by Gasteiger charge is -2.30. The molecule has 0 saturated carbocycles. The quantitative estimate of drug-likeness (QED) is 0.344. The maximum absolute atomic E-state index is 8.36. The van der Waals surface area contributed by atoms with Gasteiger partial charge in [0.1, 0.15) is 18.5 Å². The highest BCUT2D eigenvalue weighted by Crippen LogP contribution is 2.41. The van der Waals surface area contributed by atoms with Gasteiger partial charge in [0.05, 0.1) is 29.5 Å². The van der Waals surface area contributed by atoms with Gasteiger partial charge in [0.2, 0.25) is 5.79 Å². The van der Waals surface area contributed by atoms with Gasteiger partial charge in [-0.15, -0.1) is 10.1 Å². The fraction of sp³-hybridized carbons (Fsp3) is 0.250. The minimum absolute atomic E-state index is 0.262. The Morgan fingerprint density at radius 3 is 2.69 bits per heavy atom. The molecule has 32 heavy (non-hydrogen) atoms. The van der Waals surface area contributed by atoms with Crippen LogP contribution in [0.25, 0.3) is 0 Å². The second-order valence-electron chi connectivity index (χ2n) is 6.64. The van der Waals surface area contributed by atoms with E-state index < -0.39 is 10.9 Å². The van der Waals surface area contributed by atoms with Gasteiger partial charge >= 0.3 is 0 Å². The molecule has 1 saturated heterocycles. The van der Waals surface area contributed by atoms with E-state index in [1.807, 2.05) is 47.2 Å². The number of aromatic nitrogens is 2. The van der Waals surface area contributed by atoms with Crippen LogP contribution in [-0.2, 0) is 21.8 Å². The molecule has 0 spiro atoms. The first-order valence-electron chi connectivity index (χ1n) is 9.23. The normalized spacial score (nSPS) is 19.8. The predicted molar refractivity (Wildman–Crippen MR) is 120 cm³/mol. The van der Waals surface area contributed by atoms with Crippen molar-refractivity contribution < 1.29 is 24.5 Å². The van der Waals surface area contributed by atoms with E-state index in [4.69, 9.17) is 52.7 Å². The lowest BCUT2D eigenvalue weighted by Crippen LogP contribution is -2.34. The number of halogens is 3. The first kappa shape index (κ1) is 24.3. The van der Waals surface area contributed by atoms with Crippen LogP contribution < -0.4 is 4.74 Å². The highest BCUT2D eigenvalue weighted by molar-refractivity contribution is 9.10. The second-order valence-corrected chi connectivity index (χ2v) is 8.34. The Morgan fingerprint density at radius 1 is 1.31 bits per heavy atom. The SMILES string of the molecule is Clc1cccc([C@]2(Cn3ccnc3)OC[C@@H](COc3ccc(Br)cc3)O2)c1Cl.O=[N+]([O-])O. The van der Waals surface area contributed by atoms with Crippen LogP contribution in [0, 0.1) is 10.1 Å². The molecule has 0 aliphatic carbocycles. The Balaban J connectivity index is 0.000000668. The van der Waals surface area contributed by atoms with Crippen molar-refractivity contribution in [2.24, 2.45) is 0 Å². The van der Waals surface area contributed by atoms with Crippen LogP contribution in [0.3, 0.4) is 0 Å². The van der Waals surface area contributed by atoms with Crippen LogP contribution in [0.4, 0.5) is 0 Å². The van der Waals surface area contributed by atoms with Gasteiger partial charge in [-0.3, -0.25) is 0 Å². The topological polar surface area (TPSA) is 109 Å². The first-order valence-corrected chi connectivity index (χ1v) is 10.8. The van der Waals surface area contributed by atoms with Crippen molar-refractivity contribution in [1.29, 1.82) is 0 Å². The molecule has 1 aromatic heterocycles. The van der Waals surface area contributed by atoms with Crippen LogP contribution in [0.15, 0.2) is 65.7 Å². The summed E-state index contributed by atoms with van der Waals surface area (Å²) in [4.78, 5) is 12.5. The Bertz CT molecular complexity index is 1030. The molecule has 9 nitrogen and oxygen atoms in total.